The molecule has 2 aromatic heterocycles. The van der Waals surface area contributed by atoms with E-state index in [-0.39, 0.29) is 5.41 Å². The lowest BCUT2D eigenvalue weighted by molar-refractivity contribution is 0.662. The van der Waals surface area contributed by atoms with Gasteiger partial charge in [-0.2, -0.15) is 0 Å². The van der Waals surface area contributed by atoms with Gasteiger partial charge in [0.2, 0.25) is 0 Å². The van der Waals surface area contributed by atoms with Crippen LogP contribution in [0.1, 0.15) is 25.0 Å². The molecule has 0 amide bonds. The smallest absolute Gasteiger partial charge is 0.164 e. The minimum atomic E-state index is -0.0841. The highest BCUT2D eigenvalue weighted by molar-refractivity contribution is 7.26. The zero-order valence-electron chi connectivity index (χ0n) is 28.8. The molecule has 0 saturated heterocycles. The SMILES string of the molecule is CC1(C)c2ccccc2-c2cccc(-c3cccc(-c4ccc5sc6cccc(-c7nc(-c8ccccc8)nc(-c8ccccc8)n7)c6c5c4)c3)c21. The van der Waals surface area contributed by atoms with Gasteiger partial charge >= 0.3 is 0 Å². The number of benzene rings is 7. The molecule has 1 aliphatic carbocycles. The van der Waals surface area contributed by atoms with Crippen LogP contribution in [-0.4, -0.2) is 15.0 Å². The van der Waals surface area contributed by atoms with Crippen molar-refractivity contribution in [1.82, 2.24) is 15.0 Å². The molecule has 0 spiro atoms. The Labute approximate surface area is 307 Å². The number of rotatable bonds is 5. The van der Waals surface area contributed by atoms with Crippen LogP contribution in [0.2, 0.25) is 0 Å². The minimum absolute atomic E-state index is 0.0841. The van der Waals surface area contributed by atoms with Gasteiger partial charge in [0.05, 0.1) is 0 Å². The van der Waals surface area contributed by atoms with E-state index < -0.39 is 0 Å². The van der Waals surface area contributed by atoms with Crippen molar-refractivity contribution in [2.24, 2.45) is 0 Å². The first-order chi connectivity index (χ1) is 25.5. The molecule has 9 aromatic rings. The predicted octanol–water partition coefficient (Wildman–Crippen LogP) is 12.9. The number of hydrogen-bond donors (Lipinski definition) is 0. The van der Waals surface area contributed by atoms with Crippen LogP contribution in [0.3, 0.4) is 0 Å². The Balaban J connectivity index is 1.12. The molecule has 0 bridgehead atoms. The van der Waals surface area contributed by atoms with E-state index in [1.54, 1.807) is 0 Å². The molecule has 0 aliphatic heterocycles. The minimum Gasteiger partial charge on any atom is -0.208 e. The maximum absolute atomic E-state index is 5.10. The van der Waals surface area contributed by atoms with Crippen molar-refractivity contribution in [3.8, 4) is 67.5 Å². The van der Waals surface area contributed by atoms with Crippen LogP contribution < -0.4 is 0 Å². The van der Waals surface area contributed by atoms with Gasteiger partial charge < -0.3 is 0 Å². The van der Waals surface area contributed by atoms with E-state index in [1.165, 1.54) is 64.7 Å². The molecule has 4 heteroatoms. The summed E-state index contributed by atoms with van der Waals surface area (Å²) in [4.78, 5) is 15.1. The zero-order valence-corrected chi connectivity index (χ0v) is 29.7. The lowest BCUT2D eigenvalue weighted by Crippen LogP contribution is -2.16. The maximum atomic E-state index is 5.10. The van der Waals surface area contributed by atoms with E-state index in [4.69, 9.17) is 15.0 Å². The molecule has 0 N–H and O–H groups in total. The molecule has 1 aliphatic rings. The molecule has 0 radical (unpaired) electrons. The summed E-state index contributed by atoms with van der Waals surface area (Å²) in [5.41, 5.74) is 13.2. The highest BCUT2D eigenvalue weighted by Gasteiger charge is 2.37. The summed E-state index contributed by atoms with van der Waals surface area (Å²) in [7, 11) is 0. The van der Waals surface area contributed by atoms with E-state index in [9.17, 15) is 0 Å². The quantitative estimate of drug-likeness (QED) is 0.181. The van der Waals surface area contributed by atoms with Crippen molar-refractivity contribution in [1.29, 1.82) is 0 Å². The second-order valence-corrected chi connectivity index (χ2v) is 15.1. The lowest BCUT2D eigenvalue weighted by atomic mass is 9.78. The molecule has 0 saturated carbocycles. The van der Waals surface area contributed by atoms with Crippen LogP contribution in [0.5, 0.6) is 0 Å². The molecule has 0 atom stereocenters. The first kappa shape index (κ1) is 30.6. The zero-order chi connectivity index (χ0) is 34.8. The Hall–Kier alpha value is -6.23. The largest absolute Gasteiger partial charge is 0.208 e. The van der Waals surface area contributed by atoms with Crippen LogP contribution in [0.4, 0.5) is 0 Å². The summed E-state index contributed by atoms with van der Waals surface area (Å²) in [6, 6.07) is 58.4. The van der Waals surface area contributed by atoms with E-state index >= 15 is 0 Å². The van der Waals surface area contributed by atoms with Gasteiger partial charge in [-0.25, -0.2) is 15.0 Å². The molecule has 10 rings (SSSR count). The van der Waals surface area contributed by atoms with Crippen molar-refractivity contribution < 1.29 is 0 Å². The molecule has 0 fully saturated rings. The third-order valence-electron chi connectivity index (χ3n) is 10.5. The average molecular weight is 684 g/mol. The van der Waals surface area contributed by atoms with Crippen LogP contribution in [0.25, 0.3) is 87.7 Å². The third kappa shape index (κ3) is 4.90. The number of aromatic nitrogens is 3. The van der Waals surface area contributed by atoms with Crippen LogP contribution >= 0.6 is 11.3 Å². The highest BCUT2D eigenvalue weighted by atomic mass is 32.1. The summed E-state index contributed by atoms with van der Waals surface area (Å²) in [6.45, 7) is 4.71. The summed E-state index contributed by atoms with van der Waals surface area (Å²) in [5.74, 6) is 2.00. The second-order valence-electron chi connectivity index (χ2n) is 14.0. The number of nitrogens with zero attached hydrogens (tertiary/aromatic N) is 3. The Morgan fingerprint density at radius 2 is 0.962 bits per heavy atom. The number of thiophene rings is 1. The van der Waals surface area contributed by atoms with Gasteiger partial charge in [-0.05, 0) is 68.8 Å². The van der Waals surface area contributed by atoms with Gasteiger partial charge in [0.25, 0.3) is 0 Å². The predicted molar refractivity (Wildman–Crippen MR) is 217 cm³/mol. The number of hydrogen-bond acceptors (Lipinski definition) is 4. The average Bonchev–Trinajstić information content (AvgIpc) is 3.70. The normalized spacial score (nSPS) is 13.0. The lowest BCUT2D eigenvalue weighted by Gasteiger charge is -2.24. The first-order valence-electron chi connectivity index (χ1n) is 17.7. The fourth-order valence-corrected chi connectivity index (χ4v) is 9.19. The Bertz CT molecular complexity index is 2760. The van der Waals surface area contributed by atoms with Crippen molar-refractivity contribution >= 4 is 31.5 Å². The Morgan fingerprint density at radius 1 is 0.404 bits per heavy atom. The standard InChI is InChI=1S/C48H33N3S/c1-48(2)40-24-10-9-20-36(40)37-22-12-21-35(44(37)48)34-19-11-18-32(28-34)33-26-27-41-39(29-33)43-38(23-13-25-42(43)52-41)47-50-45(30-14-5-3-6-15-30)49-46(51-47)31-16-7-4-8-17-31/h3-29H,1-2H3. The van der Waals surface area contributed by atoms with E-state index in [0.29, 0.717) is 17.5 Å². The molecule has 0 unspecified atom stereocenters. The van der Waals surface area contributed by atoms with Crippen LogP contribution in [0.15, 0.2) is 164 Å². The molecule has 3 nitrogen and oxygen atoms in total. The second kappa shape index (κ2) is 11.9. The van der Waals surface area contributed by atoms with E-state index in [1.807, 2.05) is 47.7 Å². The summed E-state index contributed by atoms with van der Waals surface area (Å²) in [6.07, 6.45) is 0. The summed E-state index contributed by atoms with van der Waals surface area (Å²) < 4.78 is 2.45. The highest BCUT2D eigenvalue weighted by Crippen LogP contribution is 2.52. The van der Waals surface area contributed by atoms with Gasteiger partial charge in [0.1, 0.15) is 0 Å². The molecule has 52 heavy (non-hydrogen) atoms. The van der Waals surface area contributed by atoms with Crippen molar-refractivity contribution in [3.63, 3.8) is 0 Å². The van der Waals surface area contributed by atoms with Gasteiger partial charge in [-0.3, -0.25) is 0 Å². The number of fused-ring (bicyclic) bond motifs is 6. The van der Waals surface area contributed by atoms with Gasteiger partial charge in [-0.15, -0.1) is 11.3 Å². The van der Waals surface area contributed by atoms with Crippen LogP contribution in [0, 0.1) is 0 Å². The van der Waals surface area contributed by atoms with E-state index in [2.05, 4.69) is 141 Å². The fourth-order valence-electron chi connectivity index (χ4n) is 8.08. The third-order valence-corrected chi connectivity index (χ3v) is 11.7. The Kier molecular flexibility index (Phi) is 7.02. The van der Waals surface area contributed by atoms with Crippen molar-refractivity contribution in [2.75, 3.05) is 0 Å². The Morgan fingerprint density at radius 3 is 1.73 bits per heavy atom. The maximum Gasteiger partial charge on any atom is 0.164 e. The monoisotopic (exact) mass is 683 g/mol. The van der Waals surface area contributed by atoms with Gasteiger partial charge in [0.15, 0.2) is 17.5 Å². The molecular formula is C48H33N3S. The van der Waals surface area contributed by atoms with E-state index in [0.717, 1.165) is 16.7 Å². The molecule has 7 aromatic carbocycles. The van der Waals surface area contributed by atoms with Crippen molar-refractivity contribution in [3.05, 3.63) is 175 Å². The van der Waals surface area contributed by atoms with Crippen LogP contribution in [-0.2, 0) is 5.41 Å². The molecule has 2 heterocycles. The van der Waals surface area contributed by atoms with Crippen molar-refractivity contribution in [2.45, 2.75) is 19.3 Å². The molecular weight excluding hydrogens is 651 g/mol. The fraction of sp³-hybridized carbons (Fsp3) is 0.0625. The topological polar surface area (TPSA) is 38.7 Å². The van der Waals surface area contributed by atoms with Gasteiger partial charge in [0, 0.05) is 42.3 Å². The summed E-state index contributed by atoms with van der Waals surface area (Å²) >= 11 is 1.81. The summed E-state index contributed by atoms with van der Waals surface area (Å²) in [5, 5.41) is 2.38. The first-order valence-corrected chi connectivity index (χ1v) is 18.5. The van der Waals surface area contributed by atoms with Gasteiger partial charge in [-0.1, -0.05) is 153 Å². The molecule has 246 valence electrons.